The third kappa shape index (κ3) is 1.73. The molecule has 0 aliphatic heterocycles. The summed E-state index contributed by atoms with van der Waals surface area (Å²) in [6.07, 6.45) is 1.59. The van der Waals surface area contributed by atoms with E-state index in [0.29, 0.717) is 0 Å². The van der Waals surface area contributed by atoms with Gasteiger partial charge in [-0.2, -0.15) is 5.10 Å². The van der Waals surface area contributed by atoms with Crippen LogP contribution in [-0.4, -0.2) is 20.9 Å². The number of nitrogens with zero attached hydrogens (tertiary/aromatic N) is 2. The molecule has 1 heterocycles. The summed E-state index contributed by atoms with van der Waals surface area (Å²) in [6.45, 7) is 0. The van der Waals surface area contributed by atoms with Gasteiger partial charge in [0.15, 0.2) is 5.69 Å². The van der Waals surface area contributed by atoms with Crippen molar-refractivity contribution in [1.29, 1.82) is 0 Å². The molecule has 0 aliphatic rings. The molecular formula is C5H7ClN2O2. The maximum atomic E-state index is 10.1. The van der Waals surface area contributed by atoms with Crippen molar-refractivity contribution in [1.82, 2.24) is 9.78 Å². The molecule has 0 atom stereocenters. The van der Waals surface area contributed by atoms with E-state index in [1.807, 2.05) is 0 Å². The average Bonchev–Trinajstić information content (AvgIpc) is 2.14. The summed E-state index contributed by atoms with van der Waals surface area (Å²) in [7, 11) is 1.67. The number of aromatic nitrogens is 2. The van der Waals surface area contributed by atoms with Crippen LogP contribution in [0.15, 0.2) is 12.3 Å². The second-order valence-corrected chi connectivity index (χ2v) is 1.68. The van der Waals surface area contributed by atoms with E-state index in [4.69, 9.17) is 5.11 Å². The molecule has 4 nitrogen and oxygen atoms in total. The highest BCUT2D eigenvalue weighted by Crippen LogP contribution is 1.91. The Morgan fingerprint density at radius 3 is 2.60 bits per heavy atom. The van der Waals surface area contributed by atoms with Gasteiger partial charge in [0.1, 0.15) is 0 Å². The SMILES string of the molecule is Cl.Cn1ccc(C(=O)O)n1. The molecule has 1 N–H and O–H groups in total. The number of aromatic carboxylic acids is 1. The second kappa shape index (κ2) is 3.22. The highest BCUT2D eigenvalue weighted by atomic mass is 35.5. The maximum absolute atomic E-state index is 10.1. The van der Waals surface area contributed by atoms with Crippen molar-refractivity contribution < 1.29 is 9.90 Å². The molecule has 0 saturated carbocycles. The Hall–Kier alpha value is -1.03. The smallest absolute Gasteiger partial charge is 0.356 e. The standard InChI is InChI=1S/C5H6N2O2.ClH/c1-7-3-2-4(6-7)5(8)9;/h2-3H,1H3,(H,8,9);1H. The Morgan fingerprint density at radius 2 is 2.40 bits per heavy atom. The van der Waals surface area contributed by atoms with Gasteiger partial charge in [-0.05, 0) is 6.07 Å². The van der Waals surface area contributed by atoms with Gasteiger partial charge in [-0.25, -0.2) is 4.79 Å². The molecule has 0 aromatic carbocycles. The van der Waals surface area contributed by atoms with E-state index in [9.17, 15) is 4.79 Å². The molecule has 0 bridgehead atoms. The van der Waals surface area contributed by atoms with Crippen molar-refractivity contribution in [2.24, 2.45) is 7.05 Å². The van der Waals surface area contributed by atoms with Gasteiger partial charge in [0.05, 0.1) is 0 Å². The lowest BCUT2D eigenvalue weighted by Crippen LogP contribution is -1.98. The van der Waals surface area contributed by atoms with Crippen molar-refractivity contribution >= 4 is 18.4 Å². The Balaban J connectivity index is 0.000000810. The number of aryl methyl sites for hydroxylation is 1. The molecule has 1 rings (SSSR count). The van der Waals surface area contributed by atoms with Gasteiger partial charge < -0.3 is 5.11 Å². The summed E-state index contributed by atoms with van der Waals surface area (Å²) in [6, 6.07) is 1.45. The summed E-state index contributed by atoms with van der Waals surface area (Å²) in [5.74, 6) is -0.990. The van der Waals surface area contributed by atoms with E-state index >= 15 is 0 Å². The van der Waals surface area contributed by atoms with Gasteiger partial charge in [-0.1, -0.05) is 0 Å². The summed E-state index contributed by atoms with van der Waals surface area (Å²) in [4.78, 5) is 10.1. The molecule has 0 fully saturated rings. The molecule has 0 radical (unpaired) electrons. The van der Waals surface area contributed by atoms with Crippen molar-refractivity contribution in [2.75, 3.05) is 0 Å². The fourth-order valence-corrected chi connectivity index (χ4v) is 0.529. The molecule has 56 valence electrons. The number of rotatable bonds is 1. The highest BCUT2D eigenvalue weighted by molar-refractivity contribution is 5.85. The van der Waals surface area contributed by atoms with Crippen LogP contribution in [0.2, 0.25) is 0 Å². The number of hydrogen-bond donors (Lipinski definition) is 1. The number of carbonyl (C=O) groups is 1. The first-order valence-electron chi connectivity index (χ1n) is 2.43. The zero-order valence-corrected chi connectivity index (χ0v) is 6.13. The molecule has 1 aromatic heterocycles. The largest absolute Gasteiger partial charge is 0.476 e. The average molecular weight is 163 g/mol. The van der Waals surface area contributed by atoms with Crippen LogP contribution in [-0.2, 0) is 7.05 Å². The topological polar surface area (TPSA) is 55.1 Å². The second-order valence-electron chi connectivity index (χ2n) is 1.68. The van der Waals surface area contributed by atoms with Crippen LogP contribution in [0.25, 0.3) is 0 Å². The predicted octanol–water partition coefficient (Wildman–Crippen LogP) is 0.540. The van der Waals surface area contributed by atoms with Gasteiger partial charge in [0.2, 0.25) is 0 Å². The van der Waals surface area contributed by atoms with Gasteiger partial charge in [-0.3, -0.25) is 4.68 Å². The quantitative estimate of drug-likeness (QED) is 0.656. The van der Waals surface area contributed by atoms with E-state index in [2.05, 4.69) is 5.10 Å². The molecule has 0 spiro atoms. The van der Waals surface area contributed by atoms with Crippen molar-refractivity contribution in [2.45, 2.75) is 0 Å². The van der Waals surface area contributed by atoms with Crippen LogP contribution in [0.5, 0.6) is 0 Å². The highest BCUT2D eigenvalue weighted by Gasteiger charge is 2.03. The molecule has 1 aromatic rings. The van der Waals surface area contributed by atoms with Crippen molar-refractivity contribution in [3.05, 3.63) is 18.0 Å². The number of hydrogen-bond acceptors (Lipinski definition) is 2. The maximum Gasteiger partial charge on any atom is 0.356 e. The van der Waals surface area contributed by atoms with E-state index in [0.717, 1.165) is 0 Å². The number of carboxylic acids is 1. The molecule has 0 unspecified atom stereocenters. The minimum atomic E-state index is -0.990. The third-order valence-corrected chi connectivity index (χ3v) is 0.933. The van der Waals surface area contributed by atoms with Gasteiger partial charge in [0.25, 0.3) is 0 Å². The Bertz CT molecular complexity index is 233. The van der Waals surface area contributed by atoms with Crippen molar-refractivity contribution in [3.8, 4) is 0 Å². The summed E-state index contributed by atoms with van der Waals surface area (Å²) in [5, 5.41) is 11.9. The Morgan fingerprint density at radius 1 is 1.80 bits per heavy atom. The van der Waals surface area contributed by atoms with E-state index in [-0.39, 0.29) is 18.1 Å². The van der Waals surface area contributed by atoms with Crippen LogP contribution in [0, 0.1) is 0 Å². The molecule has 10 heavy (non-hydrogen) atoms. The first-order chi connectivity index (χ1) is 4.20. The summed E-state index contributed by atoms with van der Waals surface area (Å²) in [5.41, 5.74) is 0.0810. The minimum absolute atomic E-state index is 0. The molecule has 0 saturated heterocycles. The first kappa shape index (κ1) is 8.97. The van der Waals surface area contributed by atoms with Crippen molar-refractivity contribution in [3.63, 3.8) is 0 Å². The van der Waals surface area contributed by atoms with Gasteiger partial charge in [0, 0.05) is 13.2 Å². The van der Waals surface area contributed by atoms with Gasteiger partial charge >= 0.3 is 5.97 Å². The molecular weight excluding hydrogens is 156 g/mol. The van der Waals surface area contributed by atoms with Crippen LogP contribution in [0.1, 0.15) is 10.5 Å². The fraction of sp³-hybridized carbons (Fsp3) is 0.200. The lowest BCUT2D eigenvalue weighted by Gasteiger charge is -1.83. The molecule has 5 heteroatoms. The van der Waals surface area contributed by atoms with Crippen LogP contribution in [0.4, 0.5) is 0 Å². The zero-order chi connectivity index (χ0) is 6.85. The normalized spacial score (nSPS) is 8.50. The lowest BCUT2D eigenvalue weighted by molar-refractivity contribution is 0.0689. The first-order valence-corrected chi connectivity index (χ1v) is 2.43. The van der Waals surface area contributed by atoms with Crippen LogP contribution >= 0.6 is 12.4 Å². The van der Waals surface area contributed by atoms with Crippen LogP contribution < -0.4 is 0 Å². The molecule has 0 aliphatic carbocycles. The summed E-state index contributed by atoms with van der Waals surface area (Å²) >= 11 is 0. The summed E-state index contributed by atoms with van der Waals surface area (Å²) < 4.78 is 1.45. The van der Waals surface area contributed by atoms with E-state index < -0.39 is 5.97 Å². The van der Waals surface area contributed by atoms with E-state index in [1.54, 1.807) is 13.2 Å². The van der Waals surface area contributed by atoms with E-state index in [1.165, 1.54) is 10.7 Å². The van der Waals surface area contributed by atoms with Gasteiger partial charge in [-0.15, -0.1) is 12.4 Å². The number of carboxylic acid groups (broad SMARTS) is 1. The Labute approximate surface area is 63.9 Å². The fourth-order valence-electron chi connectivity index (χ4n) is 0.529. The minimum Gasteiger partial charge on any atom is -0.476 e. The monoisotopic (exact) mass is 162 g/mol. The number of halogens is 1. The lowest BCUT2D eigenvalue weighted by atomic mass is 10.5. The predicted molar refractivity (Wildman–Crippen MR) is 37.4 cm³/mol. The Kier molecular flexibility index (Phi) is 2.89. The van der Waals surface area contributed by atoms with Crippen LogP contribution in [0.3, 0.4) is 0 Å². The third-order valence-electron chi connectivity index (χ3n) is 0.933. The molecule has 0 amide bonds. The zero-order valence-electron chi connectivity index (χ0n) is 5.31.